The third-order valence-electron chi connectivity index (χ3n) is 3.92. The number of benzene rings is 1. The zero-order valence-electron chi connectivity index (χ0n) is 15.4. The minimum atomic E-state index is -0.329. The molecule has 0 aliphatic heterocycles. The maximum Gasteiger partial charge on any atom is 0.259 e. The van der Waals surface area contributed by atoms with Gasteiger partial charge >= 0.3 is 0 Å². The largest absolute Gasteiger partial charge is 0.439 e. The Bertz CT molecular complexity index is 1120. The number of aromatic nitrogens is 4. The zero-order valence-corrected chi connectivity index (χ0v) is 16.3. The Balaban J connectivity index is 1.34. The van der Waals surface area contributed by atoms with Crippen LogP contribution in [0.4, 0.5) is 15.3 Å². The molecule has 0 unspecified atom stereocenters. The van der Waals surface area contributed by atoms with Gasteiger partial charge < -0.3 is 10.1 Å². The van der Waals surface area contributed by atoms with Crippen molar-refractivity contribution < 1.29 is 13.9 Å². The van der Waals surface area contributed by atoms with Gasteiger partial charge in [-0.15, -0.1) is 10.2 Å². The number of pyridine rings is 2. The van der Waals surface area contributed by atoms with E-state index >= 15 is 0 Å². The highest BCUT2D eigenvalue weighted by atomic mass is 32.1. The number of nitrogens with one attached hydrogen (secondary N) is 2. The second-order valence-corrected chi connectivity index (χ2v) is 6.88. The maximum absolute atomic E-state index is 13.0. The molecule has 30 heavy (non-hydrogen) atoms. The molecule has 3 heterocycles. The van der Waals surface area contributed by atoms with Gasteiger partial charge in [-0.2, -0.15) is 0 Å². The van der Waals surface area contributed by atoms with Crippen molar-refractivity contribution >= 4 is 28.2 Å². The molecule has 2 N–H and O–H groups in total. The van der Waals surface area contributed by atoms with Crippen molar-refractivity contribution in [2.75, 3.05) is 10.6 Å². The lowest BCUT2D eigenvalue weighted by molar-refractivity contribution is 0.102. The van der Waals surface area contributed by atoms with E-state index in [1.807, 2.05) is 6.07 Å². The van der Waals surface area contributed by atoms with Crippen molar-refractivity contribution in [1.29, 1.82) is 0 Å². The number of halogens is 1. The van der Waals surface area contributed by atoms with Gasteiger partial charge in [-0.1, -0.05) is 11.3 Å². The normalized spacial score (nSPS) is 10.4. The van der Waals surface area contributed by atoms with Crippen LogP contribution in [0.5, 0.6) is 11.6 Å². The molecule has 0 bridgehead atoms. The summed E-state index contributed by atoms with van der Waals surface area (Å²) < 4.78 is 18.6. The van der Waals surface area contributed by atoms with Crippen LogP contribution in [0.15, 0.2) is 66.4 Å². The number of nitrogens with zero attached hydrogens (tertiary/aromatic N) is 4. The number of hydrogen-bond donors (Lipinski definition) is 2. The van der Waals surface area contributed by atoms with E-state index in [9.17, 15) is 9.18 Å². The van der Waals surface area contributed by atoms with Crippen LogP contribution >= 0.6 is 11.3 Å². The van der Waals surface area contributed by atoms with Crippen LogP contribution in [-0.4, -0.2) is 26.1 Å². The molecule has 1 aromatic carbocycles. The maximum atomic E-state index is 13.0. The van der Waals surface area contributed by atoms with E-state index in [1.54, 1.807) is 24.4 Å². The summed E-state index contributed by atoms with van der Waals surface area (Å²) in [5.74, 6) is 0.878. The van der Waals surface area contributed by atoms with Crippen molar-refractivity contribution in [3.8, 4) is 11.6 Å². The number of carbonyl (C=O) groups excluding carboxylic acids is 1. The first-order chi connectivity index (χ1) is 14.7. The number of amides is 1. The molecule has 0 radical (unpaired) electrons. The molecule has 8 nitrogen and oxygen atoms in total. The van der Waals surface area contributed by atoms with E-state index in [0.29, 0.717) is 34.7 Å². The van der Waals surface area contributed by atoms with Gasteiger partial charge in [0.15, 0.2) is 0 Å². The van der Waals surface area contributed by atoms with Crippen LogP contribution in [-0.2, 0) is 6.54 Å². The summed E-state index contributed by atoms with van der Waals surface area (Å²) >= 11 is 1.24. The molecule has 0 saturated heterocycles. The predicted octanol–water partition coefficient (Wildman–Crippen LogP) is 4.12. The standard InChI is InChI=1S/C20H15FN6O2S/c21-15-2-4-16(5-3-15)29-18-9-13(7-8-22-18)10-23-17-6-1-14(11-24-17)19(28)26-20-27-25-12-30-20/h1-9,11-12H,10H2,(H,23,24)(H,26,27,28). The van der Waals surface area contributed by atoms with Gasteiger partial charge in [0.1, 0.15) is 22.9 Å². The molecular weight excluding hydrogens is 407 g/mol. The lowest BCUT2D eigenvalue weighted by Gasteiger charge is -2.09. The molecule has 0 fully saturated rings. The minimum Gasteiger partial charge on any atom is -0.439 e. The third-order valence-corrected chi connectivity index (χ3v) is 4.52. The fraction of sp³-hybridized carbons (Fsp3) is 0.0500. The third kappa shape index (κ3) is 5.11. The molecule has 1 amide bonds. The highest BCUT2D eigenvalue weighted by Gasteiger charge is 2.09. The molecule has 4 rings (SSSR count). The first kappa shape index (κ1) is 19.4. The van der Waals surface area contributed by atoms with E-state index in [2.05, 4.69) is 30.8 Å². The average Bonchev–Trinajstić information content (AvgIpc) is 3.28. The molecule has 0 aliphatic rings. The Kier molecular flexibility index (Phi) is 5.85. The van der Waals surface area contributed by atoms with E-state index in [1.165, 1.54) is 47.3 Å². The summed E-state index contributed by atoms with van der Waals surface area (Å²) in [6.45, 7) is 0.478. The molecule has 0 atom stereocenters. The Morgan fingerprint density at radius 2 is 1.97 bits per heavy atom. The number of rotatable bonds is 7. The van der Waals surface area contributed by atoms with Gasteiger partial charge in [0.25, 0.3) is 5.91 Å². The van der Waals surface area contributed by atoms with Gasteiger partial charge in [-0.3, -0.25) is 10.1 Å². The molecular formula is C20H15FN6O2S. The Morgan fingerprint density at radius 3 is 2.70 bits per heavy atom. The summed E-state index contributed by atoms with van der Waals surface area (Å²) in [5.41, 5.74) is 2.87. The summed E-state index contributed by atoms with van der Waals surface area (Å²) in [6, 6.07) is 12.7. The zero-order chi connectivity index (χ0) is 20.8. The van der Waals surface area contributed by atoms with Gasteiger partial charge in [0.05, 0.1) is 5.56 Å². The van der Waals surface area contributed by atoms with Crippen LogP contribution in [0.25, 0.3) is 0 Å². The molecule has 10 heteroatoms. The topological polar surface area (TPSA) is 102 Å². The molecule has 0 spiro atoms. The quantitative estimate of drug-likeness (QED) is 0.462. The number of hydrogen-bond acceptors (Lipinski definition) is 8. The lowest BCUT2D eigenvalue weighted by Crippen LogP contribution is -2.12. The summed E-state index contributed by atoms with van der Waals surface area (Å²) in [4.78, 5) is 20.6. The predicted molar refractivity (Wildman–Crippen MR) is 110 cm³/mol. The lowest BCUT2D eigenvalue weighted by atomic mass is 10.2. The van der Waals surface area contributed by atoms with Crippen LogP contribution in [0.1, 0.15) is 15.9 Å². The number of anilines is 2. The smallest absolute Gasteiger partial charge is 0.259 e. The Morgan fingerprint density at radius 1 is 1.10 bits per heavy atom. The van der Waals surface area contributed by atoms with Crippen molar-refractivity contribution in [3.05, 3.63) is 83.4 Å². The monoisotopic (exact) mass is 422 g/mol. The van der Waals surface area contributed by atoms with E-state index < -0.39 is 0 Å². The van der Waals surface area contributed by atoms with Gasteiger partial charge in [0.2, 0.25) is 11.0 Å². The van der Waals surface area contributed by atoms with Crippen LogP contribution in [0.2, 0.25) is 0 Å². The first-order valence-corrected chi connectivity index (χ1v) is 9.69. The first-order valence-electron chi connectivity index (χ1n) is 8.81. The summed E-state index contributed by atoms with van der Waals surface area (Å²) in [5, 5.41) is 13.7. The highest BCUT2D eigenvalue weighted by Crippen LogP contribution is 2.20. The van der Waals surface area contributed by atoms with Crippen molar-refractivity contribution in [1.82, 2.24) is 20.2 Å². The molecule has 0 aliphatic carbocycles. The second-order valence-electron chi connectivity index (χ2n) is 6.04. The van der Waals surface area contributed by atoms with Crippen molar-refractivity contribution in [2.24, 2.45) is 0 Å². The average molecular weight is 422 g/mol. The summed E-state index contributed by atoms with van der Waals surface area (Å²) in [7, 11) is 0. The summed E-state index contributed by atoms with van der Waals surface area (Å²) in [6.07, 6.45) is 3.11. The van der Waals surface area contributed by atoms with Gasteiger partial charge in [-0.05, 0) is 48.0 Å². The van der Waals surface area contributed by atoms with Crippen LogP contribution in [0, 0.1) is 5.82 Å². The second kappa shape index (κ2) is 9.05. The van der Waals surface area contributed by atoms with E-state index in [-0.39, 0.29) is 11.7 Å². The fourth-order valence-corrected chi connectivity index (χ4v) is 2.90. The number of carbonyl (C=O) groups is 1. The van der Waals surface area contributed by atoms with Crippen LogP contribution in [0.3, 0.4) is 0 Å². The van der Waals surface area contributed by atoms with Gasteiger partial charge in [-0.25, -0.2) is 14.4 Å². The molecule has 4 aromatic rings. The Hall–Kier alpha value is -3.92. The van der Waals surface area contributed by atoms with Crippen molar-refractivity contribution in [2.45, 2.75) is 6.54 Å². The van der Waals surface area contributed by atoms with E-state index in [4.69, 9.17) is 4.74 Å². The number of ether oxygens (including phenoxy) is 1. The molecule has 150 valence electrons. The van der Waals surface area contributed by atoms with E-state index in [0.717, 1.165) is 5.56 Å². The highest BCUT2D eigenvalue weighted by molar-refractivity contribution is 7.13. The fourth-order valence-electron chi connectivity index (χ4n) is 2.46. The van der Waals surface area contributed by atoms with Crippen molar-refractivity contribution in [3.63, 3.8) is 0 Å². The van der Waals surface area contributed by atoms with Crippen LogP contribution < -0.4 is 15.4 Å². The Labute approximate surface area is 174 Å². The molecule has 0 saturated carbocycles. The minimum absolute atomic E-state index is 0.303. The molecule has 3 aromatic heterocycles. The SMILES string of the molecule is O=C(Nc1nncs1)c1ccc(NCc2ccnc(Oc3ccc(F)cc3)c2)nc1. The van der Waals surface area contributed by atoms with Gasteiger partial charge in [0, 0.05) is 25.0 Å².